The third kappa shape index (κ3) is 3.13. The van der Waals surface area contributed by atoms with Gasteiger partial charge in [0.05, 0.1) is 11.4 Å². The number of carboxylic acids is 1. The van der Waals surface area contributed by atoms with Crippen molar-refractivity contribution in [3.05, 3.63) is 28.8 Å². The summed E-state index contributed by atoms with van der Waals surface area (Å²) < 4.78 is 5.07. The van der Waals surface area contributed by atoms with Crippen molar-refractivity contribution < 1.29 is 14.4 Å². The number of aryl methyl sites for hydroxylation is 3. The molecule has 20 heavy (non-hydrogen) atoms. The molecule has 0 atom stereocenters. The largest absolute Gasteiger partial charge is 0.478 e. The van der Waals surface area contributed by atoms with Gasteiger partial charge in [-0.05, 0) is 13.8 Å². The number of thioether (sulfide) groups is 1. The third-order valence-electron chi connectivity index (χ3n) is 2.54. The molecule has 0 amide bonds. The second kappa shape index (κ2) is 6.00. The zero-order valence-corrected chi connectivity index (χ0v) is 12.2. The molecule has 8 heteroatoms. The first-order valence-corrected chi connectivity index (χ1v) is 7.02. The molecule has 2 aromatic rings. The summed E-state index contributed by atoms with van der Waals surface area (Å²) in [7, 11) is 0. The topological polar surface area (TPSA) is 102 Å². The van der Waals surface area contributed by atoms with E-state index in [0.29, 0.717) is 40.4 Å². The Morgan fingerprint density at radius 3 is 2.65 bits per heavy atom. The van der Waals surface area contributed by atoms with Crippen LogP contribution in [0.3, 0.4) is 0 Å². The molecule has 0 aliphatic carbocycles. The number of aromatic carboxylic acids is 1. The van der Waals surface area contributed by atoms with Crippen molar-refractivity contribution in [1.29, 1.82) is 0 Å². The molecule has 0 bridgehead atoms. The smallest absolute Gasteiger partial charge is 0.340 e. The molecule has 1 N–H and O–H groups in total. The Bertz CT molecular complexity index is 642. The van der Waals surface area contributed by atoms with Crippen LogP contribution >= 0.6 is 11.8 Å². The quantitative estimate of drug-likeness (QED) is 0.660. The number of hydrogen-bond donors (Lipinski definition) is 1. The van der Waals surface area contributed by atoms with Crippen LogP contribution in [0.2, 0.25) is 0 Å². The Kier molecular flexibility index (Phi) is 4.33. The van der Waals surface area contributed by atoms with E-state index in [1.165, 1.54) is 11.8 Å². The molecule has 0 radical (unpaired) electrons. The van der Waals surface area contributed by atoms with Crippen LogP contribution in [0.25, 0.3) is 0 Å². The summed E-state index contributed by atoms with van der Waals surface area (Å²) in [6.07, 6.45) is 0.695. The molecule has 0 saturated heterocycles. The minimum Gasteiger partial charge on any atom is -0.478 e. The van der Waals surface area contributed by atoms with Crippen molar-refractivity contribution in [2.24, 2.45) is 0 Å². The van der Waals surface area contributed by atoms with Gasteiger partial charge in [0.15, 0.2) is 5.82 Å². The fraction of sp³-hybridized carbons (Fsp3) is 0.417. The zero-order chi connectivity index (χ0) is 14.7. The molecule has 7 nitrogen and oxygen atoms in total. The molecule has 0 aliphatic rings. The first-order chi connectivity index (χ1) is 9.51. The van der Waals surface area contributed by atoms with Crippen LogP contribution in [-0.4, -0.2) is 31.2 Å². The lowest BCUT2D eigenvalue weighted by Gasteiger charge is -2.07. The number of aromatic nitrogens is 4. The molecule has 0 saturated carbocycles. The van der Waals surface area contributed by atoms with Crippen molar-refractivity contribution >= 4 is 17.7 Å². The Hall–Kier alpha value is -1.96. The summed E-state index contributed by atoms with van der Waals surface area (Å²) in [6.45, 7) is 5.32. The number of nitrogens with zero attached hydrogens (tertiary/aromatic N) is 4. The van der Waals surface area contributed by atoms with Gasteiger partial charge < -0.3 is 9.63 Å². The highest BCUT2D eigenvalue weighted by Gasteiger charge is 2.18. The molecule has 0 fully saturated rings. The van der Waals surface area contributed by atoms with Crippen LogP contribution in [0.1, 0.15) is 40.5 Å². The second-order valence-electron chi connectivity index (χ2n) is 4.09. The molecular weight excluding hydrogens is 280 g/mol. The van der Waals surface area contributed by atoms with Crippen LogP contribution in [0.4, 0.5) is 0 Å². The van der Waals surface area contributed by atoms with Crippen molar-refractivity contribution in [1.82, 2.24) is 20.1 Å². The SMILES string of the molecule is CCc1noc(CSc2nc(C)nc(C)c2C(=O)O)n1. The lowest BCUT2D eigenvalue weighted by Crippen LogP contribution is -2.08. The van der Waals surface area contributed by atoms with Gasteiger partial charge in [-0.3, -0.25) is 0 Å². The highest BCUT2D eigenvalue weighted by Crippen LogP contribution is 2.25. The monoisotopic (exact) mass is 294 g/mol. The molecule has 0 aromatic carbocycles. The fourth-order valence-corrected chi connectivity index (χ4v) is 2.61. The van der Waals surface area contributed by atoms with Gasteiger partial charge in [0.1, 0.15) is 16.4 Å². The van der Waals surface area contributed by atoms with Crippen molar-refractivity contribution in [2.75, 3.05) is 0 Å². The lowest BCUT2D eigenvalue weighted by molar-refractivity contribution is 0.0690. The molecule has 2 rings (SSSR count). The predicted octanol–water partition coefficient (Wildman–Crippen LogP) is 2.03. The molecule has 2 heterocycles. The molecule has 0 unspecified atom stereocenters. The van der Waals surface area contributed by atoms with Gasteiger partial charge in [-0.1, -0.05) is 23.8 Å². The standard InChI is InChI=1S/C12H14N4O3S/c1-4-8-15-9(19-16-8)5-20-11-10(12(17)18)6(2)13-7(3)14-11/h4-5H2,1-3H3,(H,17,18). The second-order valence-corrected chi connectivity index (χ2v) is 5.05. The highest BCUT2D eigenvalue weighted by atomic mass is 32.2. The number of carbonyl (C=O) groups is 1. The van der Waals surface area contributed by atoms with Gasteiger partial charge in [0, 0.05) is 6.42 Å². The Balaban J connectivity index is 2.22. The van der Waals surface area contributed by atoms with Crippen LogP contribution in [-0.2, 0) is 12.2 Å². The maximum absolute atomic E-state index is 11.3. The first kappa shape index (κ1) is 14.4. The predicted molar refractivity (Wildman–Crippen MR) is 71.7 cm³/mol. The van der Waals surface area contributed by atoms with E-state index in [0.717, 1.165) is 0 Å². The van der Waals surface area contributed by atoms with E-state index in [2.05, 4.69) is 20.1 Å². The zero-order valence-electron chi connectivity index (χ0n) is 11.4. The van der Waals surface area contributed by atoms with Crippen LogP contribution < -0.4 is 0 Å². The van der Waals surface area contributed by atoms with Gasteiger partial charge in [-0.2, -0.15) is 4.98 Å². The maximum atomic E-state index is 11.3. The summed E-state index contributed by atoms with van der Waals surface area (Å²) in [5.41, 5.74) is 0.572. The Morgan fingerprint density at radius 1 is 1.30 bits per heavy atom. The lowest BCUT2D eigenvalue weighted by atomic mass is 10.2. The average molecular weight is 294 g/mol. The third-order valence-corrected chi connectivity index (χ3v) is 3.50. The van der Waals surface area contributed by atoms with Gasteiger partial charge in [-0.25, -0.2) is 14.8 Å². The number of rotatable bonds is 5. The summed E-state index contributed by atoms with van der Waals surface area (Å²) >= 11 is 1.25. The van der Waals surface area contributed by atoms with Gasteiger partial charge >= 0.3 is 5.97 Å². The molecule has 106 valence electrons. The van der Waals surface area contributed by atoms with E-state index in [-0.39, 0.29) is 5.56 Å². The van der Waals surface area contributed by atoms with Crippen LogP contribution in [0, 0.1) is 13.8 Å². The van der Waals surface area contributed by atoms with Gasteiger partial charge in [-0.15, -0.1) is 0 Å². The van der Waals surface area contributed by atoms with E-state index in [1.807, 2.05) is 6.92 Å². The summed E-state index contributed by atoms with van der Waals surface area (Å²) in [4.78, 5) is 23.7. The Morgan fingerprint density at radius 2 is 2.05 bits per heavy atom. The normalized spacial score (nSPS) is 10.8. The minimum absolute atomic E-state index is 0.121. The number of carboxylic acid groups (broad SMARTS) is 1. The summed E-state index contributed by atoms with van der Waals surface area (Å²) in [5, 5.41) is 13.4. The Labute approximate surface area is 119 Å². The van der Waals surface area contributed by atoms with Crippen molar-refractivity contribution in [3.8, 4) is 0 Å². The van der Waals surface area contributed by atoms with E-state index in [4.69, 9.17) is 4.52 Å². The molecule has 2 aromatic heterocycles. The summed E-state index contributed by atoms with van der Waals surface area (Å²) in [6, 6.07) is 0. The van der Waals surface area contributed by atoms with E-state index in [9.17, 15) is 9.90 Å². The van der Waals surface area contributed by atoms with Crippen LogP contribution in [0.5, 0.6) is 0 Å². The highest BCUT2D eigenvalue weighted by molar-refractivity contribution is 7.98. The molecular formula is C12H14N4O3S. The molecule has 0 aliphatic heterocycles. The van der Waals surface area contributed by atoms with E-state index >= 15 is 0 Å². The van der Waals surface area contributed by atoms with Gasteiger partial charge in [0.25, 0.3) is 0 Å². The maximum Gasteiger partial charge on any atom is 0.340 e. The van der Waals surface area contributed by atoms with Crippen molar-refractivity contribution in [2.45, 2.75) is 38.0 Å². The van der Waals surface area contributed by atoms with E-state index in [1.54, 1.807) is 13.8 Å². The van der Waals surface area contributed by atoms with Gasteiger partial charge in [0.2, 0.25) is 5.89 Å². The average Bonchev–Trinajstić information content (AvgIpc) is 2.82. The first-order valence-electron chi connectivity index (χ1n) is 6.04. The fourth-order valence-electron chi connectivity index (χ4n) is 1.65. The van der Waals surface area contributed by atoms with E-state index < -0.39 is 5.97 Å². The molecule has 0 spiro atoms. The van der Waals surface area contributed by atoms with Crippen molar-refractivity contribution in [3.63, 3.8) is 0 Å². The van der Waals surface area contributed by atoms with Crippen LogP contribution in [0.15, 0.2) is 9.55 Å². The minimum atomic E-state index is -1.04. The summed E-state index contributed by atoms with van der Waals surface area (Å²) in [5.74, 6) is 0.967. The number of hydrogen-bond acceptors (Lipinski definition) is 7.